The van der Waals surface area contributed by atoms with E-state index in [0.717, 1.165) is 30.5 Å². The molecule has 0 saturated heterocycles. The third-order valence-electron chi connectivity index (χ3n) is 5.77. The van der Waals surface area contributed by atoms with E-state index in [4.69, 9.17) is 4.42 Å². The Balaban J connectivity index is 1.58. The summed E-state index contributed by atoms with van der Waals surface area (Å²) in [5.74, 6) is -0.0372. The zero-order chi connectivity index (χ0) is 23.4. The van der Waals surface area contributed by atoms with Crippen molar-refractivity contribution in [2.75, 3.05) is 4.90 Å². The molecular weight excluding hydrogens is 427 g/mol. The number of rotatable bonds is 8. The number of hydrogen-bond acceptors (Lipinski definition) is 6. The fraction of sp³-hybridized carbons (Fsp3) is 0.435. The maximum Gasteiger partial charge on any atom is 0.251 e. The molecule has 1 saturated carbocycles. The van der Waals surface area contributed by atoms with Gasteiger partial charge < -0.3 is 9.73 Å². The summed E-state index contributed by atoms with van der Waals surface area (Å²) in [5, 5.41) is 15.1. The average Bonchev–Trinajstić information content (AvgIpc) is 3.55. The third kappa shape index (κ3) is 5.10. The second-order valence-electron chi connectivity index (χ2n) is 8.18. The monoisotopic (exact) mass is 454 g/mol. The van der Waals surface area contributed by atoms with Gasteiger partial charge in [0.1, 0.15) is 24.2 Å². The van der Waals surface area contributed by atoms with Crippen molar-refractivity contribution in [2.24, 2.45) is 0 Å². The Labute approximate surface area is 190 Å². The Morgan fingerprint density at radius 1 is 1.24 bits per heavy atom. The van der Waals surface area contributed by atoms with Gasteiger partial charge in [-0.2, -0.15) is 4.80 Å². The van der Waals surface area contributed by atoms with E-state index in [9.17, 15) is 14.0 Å². The van der Waals surface area contributed by atoms with Crippen molar-refractivity contribution in [3.63, 3.8) is 0 Å². The van der Waals surface area contributed by atoms with E-state index < -0.39 is 17.8 Å². The molecule has 33 heavy (non-hydrogen) atoms. The number of aryl methyl sites for hydroxylation is 1. The first-order chi connectivity index (χ1) is 16.0. The highest BCUT2D eigenvalue weighted by Crippen LogP contribution is 2.25. The summed E-state index contributed by atoms with van der Waals surface area (Å²) < 4.78 is 20.2. The highest BCUT2D eigenvalue weighted by Gasteiger charge is 2.33. The Morgan fingerprint density at radius 3 is 2.67 bits per heavy atom. The van der Waals surface area contributed by atoms with E-state index in [1.807, 2.05) is 0 Å². The van der Waals surface area contributed by atoms with Crippen molar-refractivity contribution in [1.29, 1.82) is 0 Å². The van der Waals surface area contributed by atoms with Crippen LogP contribution in [0, 0.1) is 12.7 Å². The van der Waals surface area contributed by atoms with Crippen LogP contribution in [0.4, 0.5) is 10.1 Å². The number of hydrogen-bond donors (Lipinski definition) is 1. The first-order valence-electron chi connectivity index (χ1n) is 11.2. The summed E-state index contributed by atoms with van der Waals surface area (Å²) in [4.78, 5) is 28.8. The Hall–Kier alpha value is -3.56. The first-order valence-corrected chi connectivity index (χ1v) is 11.2. The van der Waals surface area contributed by atoms with E-state index in [1.54, 1.807) is 32.0 Å². The molecule has 2 aromatic heterocycles. The molecule has 1 aliphatic carbocycles. The van der Waals surface area contributed by atoms with Crippen LogP contribution in [0.15, 0.2) is 40.8 Å². The molecule has 2 amide bonds. The van der Waals surface area contributed by atoms with Crippen LogP contribution < -0.4 is 10.2 Å². The van der Waals surface area contributed by atoms with Gasteiger partial charge in [-0.25, -0.2) is 4.39 Å². The predicted molar refractivity (Wildman–Crippen MR) is 119 cm³/mol. The maximum absolute atomic E-state index is 14.7. The van der Waals surface area contributed by atoms with Gasteiger partial charge in [-0.3, -0.25) is 14.5 Å². The Morgan fingerprint density at radius 2 is 2.00 bits per heavy atom. The van der Waals surface area contributed by atoms with Crippen molar-refractivity contribution in [1.82, 2.24) is 25.5 Å². The number of amides is 2. The van der Waals surface area contributed by atoms with Gasteiger partial charge in [0.2, 0.25) is 11.7 Å². The summed E-state index contributed by atoms with van der Waals surface area (Å²) in [5.41, 5.74) is 0.0397. The lowest BCUT2D eigenvalue weighted by Crippen LogP contribution is -2.52. The van der Waals surface area contributed by atoms with E-state index >= 15 is 0 Å². The van der Waals surface area contributed by atoms with E-state index in [1.165, 1.54) is 23.1 Å². The van der Waals surface area contributed by atoms with Crippen LogP contribution in [0.1, 0.15) is 44.8 Å². The van der Waals surface area contributed by atoms with Crippen molar-refractivity contribution in [3.8, 4) is 11.6 Å². The molecule has 0 bridgehead atoms. The van der Waals surface area contributed by atoms with Gasteiger partial charge >= 0.3 is 0 Å². The molecule has 1 aromatic carbocycles. The van der Waals surface area contributed by atoms with Gasteiger partial charge in [-0.05, 0) is 55.7 Å². The number of tetrazole rings is 1. The summed E-state index contributed by atoms with van der Waals surface area (Å²) in [7, 11) is 0. The molecule has 9 nitrogen and oxygen atoms in total. The molecular formula is C23H27FN6O3. The van der Waals surface area contributed by atoms with Gasteiger partial charge in [0.05, 0.1) is 5.69 Å². The number of anilines is 1. The summed E-state index contributed by atoms with van der Waals surface area (Å²) in [6.07, 6.45) is 4.27. The smallest absolute Gasteiger partial charge is 0.251 e. The molecule has 1 fully saturated rings. The van der Waals surface area contributed by atoms with E-state index in [2.05, 4.69) is 20.7 Å². The van der Waals surface area contributed by atoms with Gasteiger partial charge in [0.25, 0.3) is 5.91 Å². The quantitative estimate of drug-likeness (QED) is 0.560. The number of nitrogens with one attached hydrogen (secondary N) is 1. The largest absolute Gasteiger partial charge is 0.458 e. The number of nitrogens with zero attached hydrogens (tertiary/aromatic N) is 5. The van der Waals surface area contributed by atoms with Crippen molar-refractivity contribution in [3.05, 3.63) is 48.0 Å². The SMILES string of the molecule is CC[C@@H](C(=O)NC1CCCC1)N(C(=O)Cn1nnc(-c2ccc(C)o2)n1)c1ccccc1F. The van der Waals surface area contributed by atoms with Crippen molar-refractivity contribution < 1.29 is 18.4 Å². The topological polar surface area (TPSA) is 106 Å². The Bertz CT molecular complexity index is 1120. The highest BCUT2D eigenvalue weighted by atomic mass is 19.1. The second-order valence-corrected chi connectivity index (χ2v) is 8.18. The average molecular weight is 455 g/mol. The third-order valence-corrected chi connectivity index (χ3v) is 5.77. The first kappa shape index (κ1) is 22.6. The van der Waals surface area contributed by atoms with Crippen LogP contribution in [-0.2, 0) is 16.1 Å². The van der Waals surface area contributed by atoms with Crippen LogP contribution in [-0.4, -0.2) is 44.1 Å². The zero-order valence-corrected chi connectivity index (χ0v) is 18.7. The Kier molecular flexibility index (Phi) is 6.81. The number of benzene rings is 1. The summed E-state index contributed by atoms with van der Waals surface area (Å²) in [6.45, 7) is 3.28. The van der Waals surface area contributed by atoms with Crippen LogP contribution in [0.3, 0.4) is 0 Å². The number of para-hydroxylation sites is 1. The van der Waals surface area contributed by atoms with Crippen molar-refractivity contribution in [2.45, 2.75) is 64.6 Å². The molecule has 10 heteroatoms. The van der Waals surface area contributed by atoms with Crippen LogP contribution >= 0.6 is 0 Å². The molecule has 4 rings (SSSR count). The van der Waals surface area contributed by atoms with Crippen LogP contribution in [0.2, 0.25) is 0 Å². The van der Waals surface area contributed by atoms with Crippen LogP contribution in [0.25, 0.3) is 11.6 Å². The number of aromatic nitrogens is 4. The molecule has 0 radical (unpaired) electrons. The fourth-order valence-electron chi connectivity index (χ4n) is 4.14. The standard InChI is InChI=1S/C23H27FN6O3/c1-3-18(23(32)25-16-8-4-5-9-16)30(19-11-7-6-10-17(19)24)21(31)14-29-27-22(26-28-29)20-13-12-15(2)33-20/h6-7,10-13,16,18H,3-5,8-9,14H2,1-2H3,(H,25,32)/t18-/m0/s1. The maximum atomic E-state index is 14.7. The molecule has 3 aromatic rings. The lowest BCUT2D eigenvalue weighted by Gasteiger charge is -2.31. The molecule has 1 atom stereocenters. The lowest BCUT2D eigenvalue weighted by atomic mass is 10.1. The molecule has 0 spiro atoms. The number of furan rings is 1. The number of halogens is 1. The predicted octanol–water partition coefficient (Wildman–Crippen LogP) is 3.25. The van der Waals surface area contributed by atoms with Crippen LogP contribution in [0.5, 0.6) is 0 Å². The minimum atomic E-state index is -0.870. The fourth-order valence-corrected chi connectivity index (χ4v) is 4.14. The summed E-state index contributed by atoms with van der Waals surface area (Å²) in [6, 6.07) is 8.63. The van der Waals surface area contributed by atoms with Gasteiger partial charge in [0.15, 0.2) is 5.76 Å². The minimum absolute atomic E-state index is 0.0397. The molecule has 2 heterocycles. The van der Waals surface area contributed by atoms with Crippen molar-refractivity contribution >= 4 is 17.5 Å². The number of carbonyl (C=O) groups excluding carboxylic acids is 2. The van der Waals surface area contributed by atoms with E-state index in [0.29, 0.717) is 17.9 Å². The number of carbonyl (C=O) groups is 2. The highest BCUT2D eigenvalue weighted by molar-refractivity contribution is 6.00. The molecule has 1 aliphatic rings. The summed E-state index contributed by atoms with van der Waals surface area (Å²) >= 11 is 0. The molecule has 0 unspecified atom stereocenters. The van der Waals surface area contributed by atoms with Gasteiger partial charge in [0, 0.05) is 6.04 Å². The second kappa shape index (κ2) is 9.93. The molecule has 1 N–H and O–H groups in total. The molecule has 0 aliphatic heterocycles. The van der Waals surface area contributed by atoms with Gasteiger partial charge in [-0.15, -0.1) is 10.2 Å². The van der Waals surface area contributed by atoms with E-state index in [-0.39, 0.29) is 30.0 Å². The molecule has 174 valence electrons. The zero-order valence-electron chi connectivity index (χ0n) is 18.7. The normalized spacial score (nSPS) is 14.9. The van der Waals surface area contributed by atoms with Gasteiger partial charge in [-0.1, -0.05) is 31.9 Å². The minimum Gasteiger partial charge on any atom is -0.458 e. The lowest BCUT2D eigenvalue weighted by molar-refractivity contribution is -0.127.